The number of hydrogen-bond acceptors (Lipinski definition) is 4. The molecule has 2 aromatic rings. The minimum absolute atomic E-state index is 0.0164. The molecule has 0 spiro atoms. The van der Waals surface area contributed by atoms with Gasteiger partial charge in [-0.05, 0) is 37.1 Å². The molecule has 1 N–H and O–H groups in total. The maximum absolute atomic E-state index is 12.7. The molecule has 2 aliphatic heterocycles. The molecule has 0 unspecified atom stereocenters. The van der Waals surface area contributed by atoms with Crippen LogP contribution >= 0.6 is 0 Å². The Balaban J connectivity index is 1.51. The number of amides is 2. The molecular formula is C19H18N2O4. The number of benzene rings is 2. The van der Waals surface area contributed by atoms with Crippen molar-refractivity contribution >= 4 is 23.2 Å². The molecule has 0 bridgehead atoms. The molecule has 2 aliphatic rings. The Kier molecular flexibility index (Phi) is 3.80. The van der Waals surface area contributed by atoms with Gasteiger partial charge in [0.1, 0.15) is 17.2 Å². The second-order valence-corrected chi connectivity index (χ2v) is 6.20. The lowest BCUT2D eigenvalue weighted by Crippen LogP contribution is -2.39. The highest BCUT2D eigenvalue weighted by Crippen LogP contribution is 2.37. The second-order valence-electron chi connectivity index (χ2n) is 6.20. The minimum atomic E-state index is -0.239. The Bertz CT molecular complexity index is 849. The van der Waals surface area contributed by atoms with Gasteiger partial charge in [-0.2, -0.15) is 0 Å². The first-order chi connectivity index (χ1) is 12.1. The van der Waals surface area contributed by atoms with E-state index in [2.05, 4.69) is 5.32 Å². The number of carbonyl (C=O) groups excluding carboxylic acids is 2. The monoisotopic (exact) mass is 338 g/mol. The first-order valence-corrected chi connectivity index (χ1v) is 8.22. The zero-order chi connectivity index (χ0) is 17.4. The lowest BCUT2D eigenvalue weighted by atomic mass is 10.1. The highest BCUT2D eigenvalue weighted by molar-refractivity contribution is 5.98. The number of rotatable bonds is 3. The molecule has 0 radical (unpaired) electrons. The van der Waals surface area contributed by atoms with Gasteiger partial charge in [-0.25, -0.2) is 0 Å². The van der Waals surface area contributed by atoms with Crippen LogP contribution in [0.3, 0.4) is 0 Å². The number of ether oxygens (including phenoxy) is 2. The quantitative estimate of drug-likeness (QED) is 0.933. The molecule has 6 heteroatoms. The van der Waals surface area contributed by atoms with Crippen LogP contribution in [0.4, 0.5) is 11.4 Å². The number of nitrogens with one attached hydrogen (secondary N) is 1. The van der Waals surface area contributed by atoms with E-state index in [1.165, 1.54) is 5.56 Å². The van der Waals surface area contributed by atoms with Gasteiger partial charge in [0, 0.05) is 11.7 Å². The van der Waals surface area contributed by atoms with E-state index >= 15 is 0 Å². The molecule has 0 fully saturated rings. The van der Waals surface area contributed by atoms with Crippen LogP contribution in [-0.2, 0) is 16.0 Å². The molecule has 4 rings (SSSR count). The largest absolute Gasteiger partial charge is 0.481 e. The van der Waals surface area contributed by atoms with Crippen LogP contribution in [0.25, 0.3) is 0 Å². The number of fused-ring (bicyclic) bond motifs is 2. The van der Waals surface area contributed by atoms with Crippen molar-refractivity contribution in [1.29, 1.82) is 0 Å². The Hall–Kier alpha value is -3.02. The van der Waals surface area contributed by atoms with Gasteiger partial charge in [-0.3, -0.25) is 9.59 Å². The van der Waals surface area contributed by atoms with E-state index in [4.69, 9.17) is 9.47 Å². The summed E-state index contributed by atoms with van der Waals surface area (Å²) in [6.07, 6.45) is 0.840. The van der Waals surface area contributed by atoms with Gasteiger partial charge in [-0.15, -0.1) is 0 Å². The van der Waals surface area contributed by atoms with E-state index in [0.717, 1.165) is 12.1 Å². The standard InChI is InChI=1S/C19H18N2O4/c1-12-9-13-5-2-3-6-14(13)21(12)18(23)11-25-16-8-4-7-15-19(16)20-17(22)10-24-15/h2-8,12H,9-11H2,1H3,(H,20,22)/t12-/m0/s1. The molecule has 0 saturated carbocycles. The predicted octanol–water partition coefficient (Wildman–Crippen LogP) is 2.37. The SMILES string of the molecule is C[C@H]1Cc2ccccc2N1C(=O)COc1cccc2c1NC(=O)CO2. The average molecular weight is 338 g/mol. The minimum Gasteiger partial charge on any atom is -0.481 e. The van der Waals surface area contributed by atoms with Gasteiger partial charge in [-0.1, -0.05) is 24.3 Å². The van der Waals surface area contributed by atoms with Gasteiger partial charge in [0.2, 0.25) is 0 Å². The summed E-state index contributed by atoms with van der Waals surface area (Å²) in [5.41, 5.74) is 2.58. The molecule has 0 aromatic heterocycles. The van der Waals surface area contributed by atoms with E-state index in [1.54, 1.807) is 23.1 Å². The van der Waals surface area contributed by atoms with E-state index in [9.17, 15) is 9.59 Å². The van der Waals surface area contributed by atoms with Crippen molar-refractivity contribution in [3.63, 3.8) is 0 Å². The summed E-state index contributed by atoms with van der Waals surface area (Å²) in [6.45, 7) is 1.90. The molecule has 25 heavy (non-hydrogen) atoms. The third kappa shape index (κ3) is 2.80. The molecular weight excluding hydrogens is 320 g/mol. The van der Waals surface area contributed by atoms with Crippen molar-refractivity contribution in [3.05, 3.63) is 48.0 Å². The van der Waals surface area contributed by atoms with Crippen molar-refractivity contribution in [2.75, 3.05) is 23.4 Å². The Morgan fingerprint density at radius 1 is 1.28 bits per heavy atom. The van der Waals surface area contributed by atoms with Crippen LogP contribution in [-0.4, -0.2) is 31.1 Å². The molecule has 2 aromatic carbocycles. The fraction of sp³-hybridized carbons (Fsp3) is 0.263. The van der Waals surface area contributed by atoms with E-state index in [1.807, 2.05) is 31.2 Å². The van der Waals surface area contributed by atoms with Crippen LogP contribution in [0.15, 0.2) is 42.5 Å². The lowest BCUT2D eigenvalue weighted by molar-refractivity contribution is -0.120. The number of para-hydroxylation sites is 2. The molecule has 0 saturated heterocycles. The summed E-state index contributed by atoms with van der Waals surface area (Å²) in [7, 11) is 0. The van der Waals surface area contributed by atoms with Crippen molar-refractivity contribution in [2.24, 2.45) is 0 Å². The summed E-state index contributed by atoms with van der Waals surface area (Å²) in [6, 6.07) is 13.2. The topological polar surface area (TPSA) is 67.9 Å². The first kappa shape index (κ1) is 15.5. The number of nitrogens with zero attached hydrogens (tertiary/aromatic N) is 1. The van der Waals surface area contributed by atoms with Gasteiger partial charge in [0.25, 0.3) is 11.8 Å². The summed E-state index contributed by atoms with van der Waals surface area (Å²) in [5.74, 6) is 0.624. The zero-order valence-corrected chi connectivity index (χ0v) is 13.8. The smallest absolute Gasteiger partial charge is 0.265 e. The van der Waals surface area contributed by atoms with Gasteiger partial charge < -0.3 is 19.7 Å². The molecule has 6 nitrogen and oxygen atoms in total. The molecule has 2 amide bonds. The molecule has 2 heterocycles. The van der Waals surface area contributed by atoms with E-state index in [-0.39, 0.29) is 31.1 Å². The van der Waals surface area contributed by atoms with Crippen molar-refractivity contribution in [1.82, 2.24) is 0 Å². The Morgan fingerprint density at radius 3 is 3.00 bits per heavy atom. The number of carbonyl (C=O) groups is 2. The first-order valence-electron chi connectivity index (χ1n) is 8.22. The van der Waals surface area contributed by atoms with Gasteiger partial charge in [0.05, 0.1) is 0 Å². The predicted molar refractivity (Wildman–Crippen MR) is 93.2 cm³/mol. The lowest BCUT2D eigenvalue weighted by Gasteiger charge is -2.24. The van der Waals surface area contributed by atoms with Crippen molar-refractivity contribution < 1.29 is 19.1 Å². The number of hydrogen-bond donors (Lipinski definition) is 1. The summed E-state index contributed by atoms with van der Waals surface area (Å²) in [4.78, 5) is 26.0. The molecule has 1 atom stereocenters. The van der Waals surface area contributed by atoms with E-state index < -0.39 is 0 Å². The van der Waals surface area contributed by atoms with Crippen molar-refractivity contribution in [3.8, 4) is 11.5 Å². The normalized spacial score (nSPS) is 18.0. The fourth-order valence-corrected chi connectivity index (χ4v) is 3.35. The van der Waals surface area contributed by atoms with Gasteiger partial charge >= 0.3 is 0 Å². The third-order valence-electron chi connectivity index (χ3n) is 4.44. The highest BCUT2D eigenvalue weighted by Gasteiger charge is 2.31. The van der Waals surface area contributed by atoms with Crippen molar-refractivity contribution in [2.45, 2.75) is 19.4 Å². The summed E-state index contributed by atoms with van der Waals surface area (Å²) < 4.78 is 11.1. The van der Waals surface area contributed by atoms with Crippen LogP contribution in [0.5, 0.6) is 11.5 Å². The third-order valence-corrected chi connectivity index (χ3v) is 4.44. The van der Waals surface area contributed by atoms with Crippen LogP contribution in [0, 0.1) is 0 Å². The van der Waals surface area contributed by atoms with E-state index in [0.29, 0.717) is 17.2 Å². The molecule has 128 valence electrons. The Morgan fingerprint density at radius 2 is 2.12 bits per heavy atom. The van der Waals surface area contributed by atoms with Gasteiger partial charge in [0.15, 0.2) is 13.2 Å². The zero-order valence-electron chi connectivity index (χ0n) is 13.8. The van der Waals surface area contributed by atoms with Crippen LogP contribution in [0.2, 0.25) is 0 Å². The number of anilines is 2. The molecule has 0 aliphatic carbocycles. The van der Waals surface area contributed by atoms with Crippen LogP contribution < -0.4 is 19.7 Å². The fourth-order valence-electron chi connectivity index (χ4n) is 3.35. The summed E-state index contributed by atoms with van der Waals surface area (Å²) >= 11 is 0. The second kappa shape index (κ2) is 6.12. The van der Waals surface area contributed by atoms with Crippen LogP contribution in [0.1, 0.15) is 12.5 Å². The highest BCUT2D eigenvalue weighted by atomic mass is 16.5. The average Bonchev–Trinajstić information content (AvgIpc) is 2.95. The Labute approximate surface area is 145 Å². The summed E-state index contributed by atoms with van der Waals surface area (Å²) in [5, 5.41) is 2.73. The maximum atomic E-state index is 12.7. The maximum Gasteiger partial charge on any atom is 0.265 e.